The number of hydrogen-bond acceptors (Lipinski definition) is 4. The van der Waals surface area contributed by atoms with Crippen molar-refractivity contribution in [2.24, 2.45) is 0 Å². The van der Waals surface area contributed by atoms with Crippen LogP contribution in [0.3, 0.4) is 0 Å². The maximum Gasteiger partial charge on any atom is 0.263 e. The van der Waals surface area contributed by atoms with Gasteiger partial charge in [-0.25, -0.2) is 4.39 Å². The molecule has 3 rings (SSSR count). The Morgan fingerprint density at radius 3 is 2.96 bits per heavy atom. The van der Waals surface area contributed by atoms with Crippen molar-refractivity contribution in [3.8, 4) is 5.75 Å². The average Bonchev–Trinajstić information content (AvgIpc) is 2.64. The van der Waals surface area contributed by atoms with Gasteiger partial charge in [-0.3, -0.25) is 9.59 Å². The average molecular weight is 384 g/mol. The lowest BCUT2D eigenvalue weighted by Crippen LogP contribution is -2.58. The van der Waals surface area contributed by atoms with Crippen molar-refractivity contribution >= 4 is 23.4 Å². The number of carbonyl (C=O) groups excluding carboxylic acids is 2. The van der Waals surface area contributed by atoms with Crippen molar-refractivity contribution in [1.29, 1.82) is 0 Å². The van der Waals surface area contributed by atoms with E-state index in [0.29, 0.717) is 26.2 Å². The van der Waals surface area contributed by atoms with E-state index < -0.39 is 11.9 Å². The van der Waals surface area contributed by atoms with Crippen LogP contribution in [-0.2, 0) is 9.59 Å². The third kappa shape index (κ3) is 4.27. The standard InChI is InChI=1S/C18H23ClFN3O3/c1-12(26-16-5-4-13(20)9-15(16)19)18(25)22-7-2-3-14(11-22)23-8-6-21-10-17(23)24/h4-5,9,12,14,21H,2-3,6-8,10-11H2,1H3. The largest absolute Gasteiger partial charge is 0.479 e. The quantitative estimate of drug-likeness (QED) is 0.859. The number of halogens is 2. The van der Waals surface area contributed by atoms with Crippen LogP contribution in [0.2, 0.25) is 5.02 Å². The van der Waals surface area contributed by atoms with Crippen molar-refractivity contribution < 1.29 is 18.7 Å². The number of likely N-dealkylation sites (tertiary alicyclic amines) is 1. The number of piperazine rings is 1. The molecule has 2 saturated heterocycles. The molecule has 0 radical (unpaired) electrons. The summed E-state index contributed by atoms with van der Waals surface area (Å²) in [4.78, 5) is 28.5. The molecule has 2 amide bonds. The minimum Gasteiger partial charge on any atom is -0.479 e. The van der Waals surface area contributed by atoms with E-state index in [1.165, 1.54) is 12.1 Å². The van der Waals surface area contributed by atoms with Crippen molar-refractivity contribution in [2.75, 3.05) is 32.7 Å². The van der Waals surface area contributed by atoms with Crippen LogP contribution in [0.25, 0.3) is 0 Å². The monoisotopic (exact) mass is 383 g/mol. The predicted molar refractivity (Wildman–Crippen MR) is 95.7 cm³/mol. The Labute approximate surface area is 157 Å². The van der Waals surface area contributed by atoms with Gasteiger partial charge in [0.25, 0.3) is 5.91 Å². The summed E-state index contributed by atoms with van der Waals surface area (Å²) >= 11 is 5.96. The summed E-state index contributed by atoms with van der Waals surface area (Å²) < 4.78 is 18.8. The van der Waals surface area contributed by atoms with Gasteiger partial charge in [0.15, 0.2) is 6.10 Å². The van der Waals surface area contributed by atoms with Crippen LogP contribution in [-0.4, -0.2) is 66.5 Å². The van der Waals surface area contributed by atoms with E-state index >= 15 is 0 Å². The van der Waals surface area contributed by atoms with Gasteiger partial charge < -0.3 is 19.9 Å². The summed E-state index contributed by atoms with van der Waals surface area (Å²) in [5.41, 5.74) is 0. The number of benzene rings is 1. The van der Waals surface area contributed by atoms with E-state index in [4.69, 9.17) is 16.3 Å². The second-order valence-corrected chi connectivity index (χ2v) is 7.09. The van der Waals surface area contributed by atoms with E-state index in [1.54, 1.807) is 11.8 Å². The van der Waals surface area contributed by atoms with Gasteiger partial charge in [-0.2, -0.15) is 0 Å². The number of ether oxygens (including phenoxy) is 1. The maximum absolute atomic E-state index is 13.1. The van der Waals surface area contributed by atoms with Gasteiger partial charge >= 0.3 is 0 Å². The normalized spacial score (nSPS) is 22.3. The third-order valence-electron chi connectivity index (χ3n) is 4.82. The van der Waals surface area contributed by atoms with Crippen molar-refractivity contribution in [1.82, 2.24) is 15.1 Å². The molecule has 1 N–H and O–H groups in total. The van der Waals surface area contributed by atoms with Gasteiger partial charge in [-0.1, -0.05) is 11.6 Å². The number of amides is 2. The molecule has 1 aromatic rings. The van der Waals surface area contributed by atoms with E-state index in [0.717, 1.165) is 25.5 Å². The van der Waals surface area contributed by atoms with E-state index in [1.807, 2.05) is 4.90 Å². The lowest BCUT2D eigenvalue weighted by molar-refractivity contribution is -0.144. The van der Waals surface area contributed by atoms with Crippen LogP contribution in [0.15, 0.2) is 18.2 Å². The Hall–Kier alpha value is -1.86. The minimum absolute atomic E-state index is 0.0453. The fourth-order valence-electron chi connectivity index (χ4n) is 3.49. The van der Waals surface area contributed by atoms with E-state index in [2.05, 4.69) is 5.32 Å². The zero-order valence-corrected chi connectivity index (χ0v) is 15.5. The molecular weight excluding hydrogens is 361 g/mol. The first-order valence-corrected chi connectivity index (χ1v) is 9.24. The molecule has 0 saturated carbocycles. The van der Waals surface area contributed by atoms with E-state index in [-0.39, 0.29) is 28.6 Å². The SMILES string of the molecule is CC(Oc1ccc(F)cc1Cl)C(=O)N1CCCC(N2CCNCC2=O)C1. The lowest BCUT2D eigenvalue weighted by Gasteiger charge is -2.41. The number of hydrogen-bond donors (Lipinski definition) is 1. The fraction of sp³-hybridized carbons (Fsp3) is 0.556. The molecule has 142 valence electrons. The molecule has 2 fully saturated rings. The number of carbonyl (C=O) groups is 2. The van der Waals surface area contributed by atoms with Gasteiger partial charge in [-0.15, -0.1) is 0 Å². The molecule has 1 aromatic carbocycles. The molecule has 0 aliphatic carbocycles. The highest BCUT2D eigenvalue weighted by Gasteiger charge is 2.33. The molecular formula is C18H23ClFN3O3. The molecule has 0 bridgehead atoms. The predicted octanol–water partition coefficient (Wildman–Crippen LogP) is 1.67. The van der Waals surface area contributed by atoms with Gasteiger partial charge in [0.05, 0.1) is 11.6 Å². The zero-order chi connectivity index (χ0) is 18.7. The molecule has 0 spiro atoms. The highest BCUT2D eigenvalue weighted by molar-refractivity contribution is 6.32. The summed E-state index contributed by atoms with van der Waals surface area (Å²) in [5.74, 6) is -0.253. The highest BCUT2D eigenvalue weighted by atomic mass is 35.5. The Morgan fingerprint density at radius 1 is 1.42 bits per heavy atom. The molecule has 2 atom stereocenters. The second kappa shape index (κ2) is 8.22. The van der Waals surface area contributed by atoms with Crippen LogP contribution in [0.4, 0.5) is 4.39 Å². The Kier molecular flexibility index (Phi) is 5.98. The van der Waals surface area contributed by atoms with Gasteiger partial charge in [0, 0.05) is 32.2 Å². The molecule has 2 unspecified atom stereocenters. The first-order chi connectivity index (χ1) is 12.5. The molecule has 2 heterocycles. The topological polar surface area (TPSA) is 61.9 Å². The molecule has 2 aliphatic rings. The summed E-state index contributed by atoms with van der Waals surface area (Å²) in [7, 11) is 0. The van der Waals surface area contributed by atoms with Crippen molar-refractivity contribution in [2.45, 2.75) is 31.9 Å². The van der Waals surface area contributed by atoms with Crippen molar-refractivity contribution in [3.05, 3.63) is 29.0 Å². The summed E-state index contributed by atoms with van der Waals surface area (Å²) in [6.07, 6.45) is 1.00. The smallest absolute Gasteiger partial charge is 0.263 e. The minimum atomic E-state index is -0.740. The molecule has 2 aliphatic heterocycles. The number of nitrogens with one attached hydrogen (secondary N) is 1. The van der Waals surface area contributed by atoms with Crippen molar-refractivity contribution in [3.63, 3.8) is 0 Å². The zero-order valence-electron chi connectivity index (χ0n) is 14.7. The molecule has 26 heavy (non-hydrogen) atoms. The Morgan fingerprint density at radius 2 is 2.23 bits per heavy atom. The van der Waals surface area contributed by atoms with Gasteiger partial charge in [0.2, 0.25) is 5.91 Å². The lowest BCUT2D eigenvalue weighted by atomic mass is 10.0. The third-order valence-corrected chi connectivity index (χ3v) is 5.12. The second-order valence-electron chi connectivity index (χ2n) is 6.68. The van der Waals surface area contributed by atoms with Crippen LogP contribution in [0.5, 0.6) is 5.75 Å². The number of nitrogens with zero attached hydrogens (tertiary/aromatic N) is 2. The molecule has 8 heteroatoms. The van der Waals surface area contributed by atoms with E-state index in [9.17, 15) is 14.0 Å². The van der Waals surface area contributed by atoms with Crippen LogP contribution in [0, 0.1) is 5.82 Å². The summed E-state index contributed by atoms with van der Waals surface area (Å²) in [6, 6.07) is 3.86. The van der Waals surface area contributed by atoms with Gasteiger partial charge in [-0.05, 0) is 38.0 Å². The Bertz CT molecular complexity index is 688. The van der Waals surface area contributed by atoms with Crippen LogP contribution >= 0.6 is 11.6 Å². The van der Waals surface area contributed by atoms with Crippen LogP contribution in [0.1, 0.15) is 19.8 Å². The molecule has 6 nitrogen and oxygen atoms in total. The highest BCUT2D eigenvalue weighted by Crippen LogP contribution is 2.26. The summed E-state index contributed by atoms with van der Waals surface area (Å²) in [6.45, 7) is 4.60. The maximum atomic E-state index is 13.1. The Balaban J connectivity index is 1.62. The number of piperidine rings is 1. The fourth-order valence-corrected chi connectivity index (χ4v) is 3.70. The molecule has 0 aromatic heterocycles. The van der Waals surface area contributed by atoms with Gasteiger partial charge in [0.1, 0.15) is 11.6 Å². The first kappa shape index (κ1) is 18.9. The van der Waals surface area contributed by atoms with Crippen LogP contribution < -0.4 is 10.1 Å². The first-order valence-electron chi connectivity index (χ1n) is 8.86. The number of rotatable bonds is 4. The summed E-state index contributed by atoms with van der Waals surface area (Å²) in [5, 5.41) is 3.19.